The molecule has 150 valence electrons. The quantitative estimate of drug-likeness (QED) is 0.422. The minimum absolute atomic E-state index is 0.244. The van der Waals surface area contributed by atoms with Gasteiger partial charge in [-0.1, -0.05) is 5.16 Å². The molecule has 0 saturated carbocycles. The second-order valence-electron chi connectivity index (χ2n) is 6.16. The van der Waals surface area contributed by atoms with Crippen molar-refractivity contribution in [1.82, 2.24) is 0 Å². The largest absolute Gasteiger partial charge is 0.497 e. The van der Waals surface area contributed by atoms with Gasteiger partial charge in [-0.25, -0.2) is 4.79 Å². The summed E-state index contributed by atoms with van der Waals surface area (Å²) < 4.78 is 10.9. The van der Waals surface area contributed by atoms with Crippen molar-refractivity contribution in [1.29, 1.82) is 0 Å². The number of non-ortho nitro benzene ring substituents is 2. The first-order chi connectivity index (χ1) is 13.8. The van der Waals surface area contributed by atoms with Gasteiger partial charge in [0.05, 0.1) is 34.3 Å². The topological polar surface area (TPSA) is 143 Å². The van der Waals surface area contributed by atoms with Gasteiger partial charge in [-0.15, -0.1) is 0 Å². The molecule has 29 heavy (non-hydrogen) atoms. The van der Waals surface area contributed by atoms with E-state index in [4.69, 9.17) is 14.3 Å². The van der Waals surface area contributed by atoms with E-state index in [9.17, 15) is 25.0 Å². The first kappa shape index (κ1) is 19.7. The Hall–Kier alpha value is -4.02. The zero-order valence-corrected chi connectivity index (χ0v) is 15.4. The van der Waals surface area contributed by atoms with Crippen LogP contribution < -0.4 is 9.47 Å². The van der Waals surface area contributed by atoms with E-state index in [2.05, 4.69) is 5.16 Å². The molecule has 3 rings (SSSR count). The van der Waals surface area contributed by atoms with E-state index >= 15 is 0 Å². The summed E-state index contributed by atoms with van der Waals surface area (Å²) in [6.07, 6.45) is 0.104. The Morgan fingerprint density at radius 1 is 1.14 bits per heavy atom. The first-order valence-electron chi connectivity index (χ1n) is 8.35. The Morgan fingerprint density at radius 2 is 1.79 bits per heavy atom. The summed E-state index contributed by atoms with van der Waals surface area (Å²) in [5.41, 5.74) is -0.534. The lowest BCUT2D eigenvalue weighted by atomic mass is 10.0. The molecule has 11 nitrogen and oxygen atoms in total. The van der Waals surface area contributed by atoms with E-state index in [0.717, 1.165) is 18.2 Å². The molecule has 1 unspecified atom stereocenters. The van der Waals surface area contributed by atoms with E-state index in [1.807, 2.05) is 6.92 Å². The van der Waals surface area contributed by atoms with Crippen LogP contribution in [-0.2, 0) is 4.84 Å². The Balaban J connectivity index is 1.90. The monoisotopic (exact) mass is 401 g/mol. The predicted molar refractivity (Wildman–Crippen MR) is 99.4 cm³/mol. The van der Waals surface area contributed by atoms with Crippen LogP contribution in [-0.4, -0.2) is 34.7 Å². The number of hydrogen-bond donors (Lipinski definition) is 0. The van der Waals surface area contributed by atoms with Crippen LogP contribution in [0.15, 0.2) is 41.6 Å². The Bertz CT molecular complexity index is 1000. The molecule has 0 N–H and O–H groups in total. The third-order valence-corrected chi connectivity index (χ3v) is 4.11. The molecule has 0 radical (unpaired) electrons. The van der Waals surface area contributed by atoms with Crippen LogP contribution in [0, 0.1) is 20.2 Å². The number of carbonyl (C=O) groups excluding carboxylic acids is 1. The summed E-state index contributed by atoms with van der Waals surface area (Å²) in [5.74, 6) is 0.0282. The molecule has 0 aromatic heterocycles. The third-order valence-electron chi connectivity index (χ3n) is 4.11. The van der Waals surface area contributed by atoms with Crippen molar-refractivity contribution in [3.05, 3.63) is 67.8 Å². The van der Waals surface area contributed by atoms with Crippen molar-refractivity contribution in [2.45, 2.75) is 19.4 Å². The van der Waals surface area contributed by atoms with E-state index in [-0.39, 0.29) is 11.7 Å². The van der Waals surface area contributed by atoms with Gasteiger partial charge in [0.2, 0.25) is 0 Å². The normalized spacial score (nSPS) is 16.5. The molecule has 0 saturated heterocycles. The highest BCUT2D eigenvalue weighted by Gasteiger charge is 2.25. The van der Waals surface area contributed by atoms with Gasteiger partial charge in [0.15, 0.2) is 0 Å². The number of benzene rings is 2. The van der Waals surface area contributed by atoms with Crippen LogP contribution in [0.3, 0.4) is 0 Å². The SMILES string of the molecule is COc1ccc2c(c1)OC(C)CC2=NOC(=O)c1cc([N+](=O)[O-])cc([N+](=O)[O-])c1. The van der Waals surface area contributed by atoms with E-state index in [1.165, 1.54) is 7.11 Å². The summed E-state index contributed by atoms with van der Waals surface area (Å²) in [4.78, 5) is 37.5. The summed E-state index contributed by atoms with van der Waals surface area (Å²) in [6.45, 7) is 1.81. The lowest BCUT2D eigenvalue weighted by Gasteiger charge is -2.24. The van der Waals surface area contributed by atoms with Crippen LogP contribution in [0.5, 0.6) is 11.5 Å². The average Bonchev–Trinajstić information content (AvgIpc) is 2.70. The van der Waals surface area contributed by atoms with Gasteiger partial charge in [0, 0.05) is 30.2 Å². The van der Waals surface area contributed by atoms with Gasteiger partial charge in [0.25, 0.3) is 11.4 Å². The van der Waals surface area contributed by atoms with Crippen molar-refractivity contribution in [2.75, 3.05) is 7.11 Å². The molecule has 1 heterocycles. The number of nitro groups is 2. The first-order valence-corrected chi connectivity index (χ1v) is 8.35. The molecule has 2 aromatic rings. The van der Waals surface area contributed by atoms with Gasteiger partial charge in [-0.3, -0.25) is 20.2 Å². The van der Waals surface area contributed by atoms with Crippen LogP contribution in [0.4, 0.5) is 11.4 Å². The number of carbonyl (C=O) groups is 1. The van der Waals surface area contributed by atoms with Crippen LogP contribution in [0.25, 0.3) is 0 Å². The molecule has 0 fully saturated rings. The highest BCUT2D eigenvalue weighted by molar-refractivity contribution is 6.04. The lowest BCUT2D eigenvalue weighted by Crippen LogP contribution is -2.25. The fraction of sp³-hybridized carbons (Fsp3) is 0.222. The highest BCUT2D eigenvalue weighted by Crippen LogP contribution is 2.32. The maximum absolute atomic E-state index is 12.3. The van der Waals surface area contributed by atoms with Gasteiger partial charge in [0.1, 0.15) is 17.6 Å². The zero-order valence-electron chi connectivity index (χ0n) is 15.4. The second-order valence-corrected chi connectivity index (χ2v) is 6.16. The zero-order chi connectivity index (χ0) is 21.1. The second kappa shape index (κ2) is 7.92. The highest BCUT2D eigenvalue weighted by atomic mass is 16.7. The third kappa shape index (κ3) is 4.29. The number of fused-ring (bicyclic) bond motifs is 1. The molecule has 0 spiro atoms. The van der Waals surface area contributed by atoms with Gasteiger partial charge in [-0.2, -0.15) is 0 Å². The molecule has 2 aromatic carbocycles. The number of rotatable bonds is 5. The lowest BCUT2D eigenvalue weighted by molar-refractivity contribution is -0.394. The number of oxime groups is 1. The summed E-state index contributed by atoms with van der Waals surface area (Å²) >= 11 is 0. The Kier molecular flexibility index (Phi) is 5.39. The smallest absolute Gasteiger partial charge is 0.366 e. The van der Waals surface area contributed by atoms with Crippen molar-refractivity contribution < 1.29 is 29.0 Å². The summed E-state index contributed by atoms with van der Waals surface area (Å²) in [7, 11) is 1.52. The van der Waals surface area contributed by atoms with Crippen molar-refractivity contribution in [2.24, 2.45) is 5.16 Å². The standard InChI is InChI=1S/C18H15N3O8/c1-10-5-16(15-4-3-14(27-2)9-17(15)28-10)19-29-18(22)11-6-12(20(23)24)8-13(7-11)21(25)26/h3-4,6-10H,5H2,1-2H3. The van der Waals surface area contributed by atoms with Gasteiger partial charge in [-0.05, 0) is 19.1 Å². The Labute approximate surface area is 163 Å². The van der Waals surface area contributed by atoms with Gasteiger partial charge >= 0.3 is 5.97 Å². The molecule has 0 amide bonds. The van der Waals surface area contributed by atoms with E-state index < -0.39 is 27.2 Å². The van der Waals surface area contributed by atoms with Crippen LogP contribution in [0.1, 0.15) is 29.3 Å². The molecule has 0 bridgehead atoms. The molecule has 0 aliphatic carbocycles. The minimum atomic E-state index is -1.06. The fourth-order valence-electron chi connectivity index (χ4n) is 2.77. The van der Waals surface area contributed by atoms with E-state index in [1.54, 1.807) is 18.2 Å². The van der Waals surface area contributed by atoms with Crippen LogP contribution >= 0.6 is 0 Å². The van der Waals surface area contributed by atoms with Crippen LogP contribution in [0.2, 0.25) is 0 Å². The molecular formula is C18H15N3O8. The number of ether oxygens (including phenoxy) is 2. The van der Waals surface area contributed by atoms with Crippen molar-refractivity contribution >= 4 is 23.1 Å². The van der Waals surface area contributed by atoms with E-state index in [0.29, 0.717) is 29.2 Å². The van der Waals surface area contributed by atoms with Gasteiger partial charge < -0.3 is 14.3 Å². The minimum Gasteiger partial charge on any atom is -0.497 e. The molecule has 1 aliphatic rings. The molecule has 1 aliphatic heterocycles. The number of nitrogens with zero attached hydrogens (tertiary/aromatic N) is 3. The molecule has 1 atom stereocenters. The maximum atomic E-state index is 12.3. The number of nitro benzene ring substituents is 2. The number of methoxy groups -OCH3 is 1. The maximum Gasteiger partial charge on any atom is 0.366 e. The molecule has 11 heteroatoms. The van der Waals surface area contributed by atoms with Crippen molar-refractivity contribution in [3.63, 3.8) is 0 Å². The predicted octanol–water partition coefficient (Wildman–Crippen LogP) is 3.24. The summed E-state index contributed by atoms with van der Waals surface area (Å²) in [5, 5.41) is 25.8. The Morgan fingerprint density at radius 3 is 2.38 bits per heavy atom. The summed E-state index contributed by atoms with van der Waals surface area (Å²) in [6, 6.07) is 7.60. The van der Waals surface area contributed by atoms with Crippen molar-refractivity contribution in [3.8, 4) is 11.5 Å². The number of hydrogen-bond acceptors (Lipinski definition) is 9. The average molecular weight is 401 g/mol. The molecular weight excluding hydrogens is 386 g/mol. The fourth-order valence-corrected chi connectivity index (χ4v) is 2.77.